The number of hydrogen-bond donors (Lipinski definition) is 0. The predicted molar refractivity (Wildman–Crippen MR) is 67.8 cm³/mol. The van der Waals surface area contributed by atoms with Gasteiger partial charge in [-0.05, 0) is 31.7 Å². The fraction of sp³-hybridized carbons (Fsp3) is 0.714. The van der Waals surface area contributed by atoms with Gasteiger partial charge in [0.1, 0.15) is 5.78 Å². The first-order valence-corrected chi connectivity index (χ1v) is 6.58. The van der Waals surface area contributed by atoms with Crippen LogP contribution < -0.4 is 0 Å². The van der Waals surface area contributed by atoms with E-state index in [0.29, 0.717) is 18.1 Å². The molecule has 1 heterocycles. The van der Waals surface area contributed by atoms with E-state index in [2.05, 4.69) is 12.0 Å². The van der Waals surface area contributed by atoms with Gasteiger partial charge in [0, 0.05) is 25.1 Å². The van der Waals surface area contributed by atoms with Gasteiger partial charge >= 0.3 is 0 Å². The molecule has 0 N–H and O–H groups in total. The van der Waals surface area contributed by atoms with Crippen LogP contribution in [-0.4, -0.2) is 15.6 Å². The SMILES string of the molecule is Cc1cc(CC(=O)C2CCCC(C)C2)n(C)n1. The van der Waals surface area contributed by atoms with Gasteiger partial charge in [-0.2, -0.15) is 5.10 Å². The van der Waals surface area contributed by atoms with Gasteiger partial charge in [0.2, 0.25) is 0 Å². The number of ketones is 1. The second-order valence-corrected chi connectivity index (χ2v) is 5.51. The molecule has 2 rings (SSSR count). The Kier molecular flexibility index (Phi) is 3.65. The average molecular weight is 234 g/mol. The Morgan fingerprint density at radius 3 is 2.88 bits per heavy atom. The Morgan fingerprint density at radius 1 is 1.53 bits per heavy atom. The van der Waals surface area contributed by atoms with Gasteiger partial charge in [-0.15, -0.1) is 0 Å². The van der Waals surface area contributed by atoms with Crippen LogP contribution in [0.3, 0.4) is 0 Å². The molecule has 3 heteroatoms. The molecule has 1 saturated carbocycles. The summed E-state index contributed by atoms with van der Waals surface area (Å²) in [6.07, 6.45) is 5.21. The normalized spacial score (nSPS) is 24.9. The van der Waals surface area contributed by atoms with E-state index in [9.17, 15) is 4.79 Å². The van der Waals surface area contributed by atoms with Gasteiger partial charge in [0.15, 0.2) is 0 Å². The van der Waals surface area contributed by atoms with Gasteiger partial charge in [0.25, 0.3) is 0 Å². The lowest BCUT2D eigenvalue weighted by molar-refractivity contribution is -0.123. The number of rotatable bonds is 3. The summed E-state index contributed by atoms with van der Waals surface area (Å²) >= 11 is 0. The lowest BCUT2D eigenvalue weighted by Gasteiger charge is -2.25. The summed E-state index contributed by atoms with van der Waals surface area (Å²) in [6, 6.07) is 2.02. The zero-order chi connectivity index (χ0) is 12.4. The Hall–Kier alpha value is -1.12. The third-order valence-electron chi connectivity index (χ3n) is 3.85. The molecule has 0 radical (unpaired) electrons. The number of hydrogen-bond acceptors (Lipinski definition) is 2. The molecule has 94 valence electrons. The largest absolute Gasteiger partial charge is 0.299 e. The van der Waals surface area contributed by atoms with Crippen LogP contribution in [0.4, 0.5) is 0 Å². The second kappa shape index (κ2) is 5.03. The van der Waals surface area contributed by atoms with Crippen LogP contribution in [-0.2, 0) is 18.3 Å². The molecule has 0 bridgehead atoms. The van der Waals surface area contributed by atoms with Crippen molar-refractivity contribution in [1.82, 2.24) is 9.78 Å². The lowest BCUT2D eigenvalue weighted by Crippen LogP contribution is -2.23. The molecular weight excluding hydrogens is 212 g/mol. The first kappa shape index (κ1) is 12.3. The Labute approximate surface area is 103 Å². The fourth-order valence-corrected chi connectivity index (χ4v) is 2.88. The highest BCUT2D eigenvalue weighted by Gasteiger charge is 2.25. The number of carbonyl (C=O) groups is 1. The molecule has 1 aliphatic carbocycles. The fourth-order valence-electron chi connectivity index (χ4n) is 2.88. The standard InChI is InChI=1S/C14H22N2O/c1-10-5-4-6-12(7-10)14(17)9-13-8-11(2)15-16(13)3/h8,10,12H,4-7,9H2,1-3H3. The molecule has 1 aromatic heterocycles. The van der Waals surface area contributed by atoms with E-state index in [4.69, 9.17) is 0 Å². The molecule has 1 aromatic rings. The van der Waals surface area contributed by atoms with Crippen LogP contribution in [0, 0.1) is 18.8 Å². The molecule has 2 atom stereocenters. The lowest BCUT2D eigenvalue weighted by atomic mass is 9.79. The minimum absolute atomic E-state index is 0.286. The first-order chi connectivity index (χ1) is 8.06. The Bertz CT molecular complexity index is 408. The minimum Gasteiger partial charge on any atom is -0.299 e. The zero-order valence-electron chi connectivity index (χ0n) is 11.1. The van der Waals surface area contributed by atoms with Crippen LogP contribution in [0.2, 0.25) is 0 Å². The molecule has 0 amide bonds. The van der Waals surface area contributed by atoms with E-state index in [1.165, 1.54) is 12.8 Å². The highest BCUT2D eigenvalue weighted by Crippen LogP contribution is 2.29. The van der Waals surface area contributed by atoms with Crippen molar-refractivity contribution < 1.29 is 4.79 Å². The van der Waals surface area contributed by atoms with Crippen molar-refractivity contribution >= 4 is 5.78 Å². The quantitative estimate of drug-likeness (QED) is 0.806. The van der Waals surface area contributed by atoms with E-state index in [0.717, 1.165) is 24.2 Å². The van der Waals surface area contributed by atoms with Gasteiger partial charge in [-0.3, -0.25) is 9.48 Å². The average Bonchev–Trinajstić information content (AvgIpc) is 2.57. The molecule has 0 aromatic carbocycles. The third-order valence-corrected chi connectivity index (χ3v) is 3.85. The molecule has 2 unspecified atom stereocenters. The van der Waals surface area contributed by atoms with Crippen molar-refractivity contribution in [3.63, 3.8) is 0 Å². The highest BCUT2D eigenvalue weighted by molar-refractivity contribution is 5.83. The number of aryl methyl sites for hydroxylation is 2. The predicted octanol–water partition coefficient (Wildman–Crippen LogP) is 2.67. The van der Waals surface area contributed by atoms with E-state index in [-0.39, 0.29) is 5.92 Å². The van der Waals surface area contributed by atoms with E-state index in [1.54, 1.807) is 0 Å². The zero-order valence-corrected chi connectivity index (χ0v) is 11.1. The molecular formula is C14H22N2O. The monoisotopic (exact) mass is 234 g/mol. The molecule has 0 saturated heterocycles. The van der Waals surface area contributed by atoms with Gasteiger partial charge in [-0.1, -0.05) is 19.8 Å². The van der Waals surface area contributed by atoms with E-state index in [1.807, 2.05) is 24.7 Å². The van der Waals surface area contributed by atoms with Gasteiger partial charge in [0.05, 0.1) is 5.69 Å². The van der Waals surface area contributed by atoms with Crippen LogP contribution in [0.1, 0.15) is 44.0 Å². The molecule has 17 heavy (non-hydrogen) atoms. The molecule has 0 aliphatic heterocycles. The summed E-state index contributed by atoms with van der Waals surface area (Å²) in [5.41, 5.74) is 2.04. The van der Waals surface area contributed by atoms with Crippen molar-refractivity contribution in [2.24, 2.45) is 18.9 Å². The molecule has 0 spiro atoms. The van der Waals surface area contributed by atoms with Crippen LogP contribution >= 0.6 is 0 Å². The Morgan fingerprint density at radius 2 is 2.29 bits per heavy atom. The number of nitrogens with zero attached hydrogens (tertiary/aromatic N) is 2. The maximum absolute atomic E-state index is 12.2. The summed E-state index contributed by atoms with van der Waals surface area (Å²) in [4.78, 5) is 12.2. The molecule has 3 nitrogen and oxygen atoms in total. The number of carbonyl (C=O) groups excluding carboxylic acids is 1. The van der Waals surface area contributed by atoms with Crippen LogP contribution in [0.5, 0.6) is 0 Å². The summed E-state index contributed by atoms with van der Waals surface area (Å²) in [7, 11) is 1.92. The number of Topliss-reactive ketones (excluding diaryl/α,β-unsaturated/α-hetero) is 1. The van der Waals surface area contributed by atoms with Crippen molar-refractivity contribution in [3.05, 3.63) is 17.5 Å². The summed E-state index contributed by atoms with van der Waals surface area (Å²) in [6.45, 7) is 4.23. The third kappa shape index (κ3) is 2.96. The number of aromatic nitrogens is 2. The van der Waals surface area contributed by atoms with E-state index >= 15 is 0 Å². The summed E-state index contributed by atoms with van der Waals surface area (Å²) in [5, 5.41) is 4.29. The van der Waals surface area contributed by atoms with Crippen LogP contribution in [0.25, 0.3) is 0 Å². The van der Waals surface area contributed by atoms with Crippen molar-refractivity contribution in [2.45, 2.75) is 46.0 Å². The maximum Gasteiger partial charge on any atom is 0.141 e. The molecule has 1 fully saturated rings. The highest BCUT2D eigenvalue weighted by atomic mass is 16.1. The van der Waals surface area contributed by atoms with Crippen LogP contribution in [0.15, 0.2) is 6.07 Å². The van der Waals surface area contributed by atoms with Crippen molar-refractivity contribution in [2.75, 3.05) is 0 Å². The Balaban J connectivity index is 1.99. The first-order valence-electron chi connectivity index (χ1n) is 6.58. The maximum atomic E-state index is 12.2. The van der Waals surface area contributed by atoms with Gasteiger partial charge < -0.3 is 0 Å². The van der Waals surface area contributed by atoms with Gasteiger partial charge in [-0.25, -0.2) is 0 Å². The van der Waals surface area contributed by atoms with Crippen molar-refractivity contribution in [3.8, 4) is 0 Å². The second-order valence-electron chi connectivity index (χ2n) is 5.51. The molecule has 1 aliphatic rings. The minimum atomic E-state index is 0.286. The van der Waals surface area contributed by atoms with E-state index < -0.39 is 0 Å². The summed E-state index contributed by atoms with van der Waals surface area (Å²) in [5.74, 6) is 1.40. The topological polar surface area (TPSA) is 34.9 Å². The smallest absolute Gasteiger partial charge is 0.141 e. The summed E-state index contributed by atoms with van der Waals surface area (Å²) < 4.78 is 1.83. The van der Waals surface area contributed by atoms with Crippen molar-refractivity contribution in [1.29, 1.82) is 0 Å².